The average Bonchev–Trinajstić information content (AvgIpc) is 2.62. The van der Waals surface area contributed by atoms with Gasteiger partial charge in [0.25, 0.3) is 0 Å². The van der Waals surface area contributed by atoms with E-state index >= 15 is 0 Å². The molecule has 0 saturated heterocycles. The molecule has 2 unspecified atom stereocenters. The van der Waals surface area contributed by atoms with E-state index in [0.29, 0.717) is 17.8 Å². The number of hydrogen-bond acceptors (Lipinski definition) is 3. The molecule has 0 bridgehead atoms. The zero-order valence-electron chi connectivity index (χ0n) is 14.8. The lowest BCUT2D eigenvalue weighted by Crippen LogP contribution is -2.44. The number of aliphatic hydroxyl groups excluding tert-OH is 1. The summed E-state index contributed by atoms with van der Waals surface area (Å²) in [5, 5.41) is 13.4. The van der Waals surface area contributed by atoms with Gasteiger partial charge in [0.1, 0.15) is 0 Å². The van der Waals surface area contributed by atoms with Crippen LogP contribution in [-0.2, 0) is 0 Å². The van der Waals surface area contributed by atoms with Crippen LogP contribution in [0.3, 0.4) is 0 Å². The van der Waals surface area contributed by atoms with E-state index in [1.807, 2.05) is 44.2 Å². The predicted octanol–water partition coefficient (Wildman–Crippen LogP) is 3.87. The van der Waals surface area contributed by atoms with Crippen LogP contribution in [0.4, 0.5) is 10.5 Å². The Labute approximate surface area is 148 Å². The lowest BCUT2D eigenvalue weighted by atomic mass is 10.0. The molecule has 2 N–H and O–H groups in total. The molecule has 0 aliphatic heterocycles. The summed E-state index contributed by atoms with van der Waals surface area (Å²) in [6.07, 6.45) is -0.771. The summed E-state index contributed by atoms with van der Waals surface area (Å²) in [5.74, 6) is -0.0207. The minimum Gasteiger partial charge on any atom is -0.386 e. The maximum absolute atomic E-state index is 12.6. The maximum Gasteiger partial charge on any atom is 0.322 e. The van der Waals surface area contributed by atoms with E-state index in [4.69, 9.17) is 0 Å². The molecule has 132 valence electrons. The second-order valence-corrected chi connectivity index (χ2v) is 5.95. The van der Waals surface area contributed by atoms with Crippen molar-refractivity contribution in [3.63, 3.8) is 0 Å². The van der Waals surface area contributed by atoms with Crippen molar-refractivity contribution in [2.24, 2.45) is 0 Å². The Kier molecular flexibility index (Phi) is 6.31. The van der Waals surface area contributed by atoms with Crippen LogP contribution >= 0.6 is 0 Å². The van der Waals surface area contributed by atoms with Crippen LogP contribution < -0.4 is 5.32 Å². The zero-order chi connectivity index (χ0) is 18.4. The lowest BCUT2D eigenvalue weighted by Gasteiger charge is -2.31. The number of carbonyl (C=O) groups excluding carboxylic acids is 2. The fourth-order valence-electron chi connectivity index (χ4n) is 2.70. The second kappa shape index (κ2) is 8.44. The van der Waals surface area contributed by atoms with Crippen molar-refractivity contribution in [2.45, 2.75) is 32.9 Å². The fourth-order valence-corrected chi connectivity index (χ4v) is 2.70. The molecule has 5 heteroatoms. The number of ketones is 1. The lowest BCUT2D eigenvalue weighted by molar-refractivity contribution is 0.0804. The Balaban J connectivity index is 2.08. The van der Waals surface area contributed by atoms with Crippen LogP contribution in [0.1, 0.15) is 42.8 Å². The molecule has 2 amide bonds. The summed E-state index contributed by atoms with van der Waals surface area (Å²) in [6, 6.07) is 15.4. The van der Waals surface area contributed by atoms with Gasteiger partial charge in [-0.05, 0) is 50.6 Å². The fraction of sp³-hybridized carbons (Fsp3) is 0.300. The Morgan fingerprint density at radius 3 is 2.20 bits per heavy atom. The van der Waals surface area contributed by atoms with Gasteiger partial charge in [-0.1, -0.05) is 30.3 Å². The van der Waals surface area contributed by atoms with Crippen molar-refractivity contribution < 1.29 is 14.7 Å². The number of carbonyl (C=O) groups is 2. The highest BCUT2D eigenvalue weighted by molar-refractivity contribution is 5.95. The Hall–Kier alpha value is -2.66. The minimum atomic E-state index is -0.771. The first-order valence-electron chi connectivity index (χ1n) is 8.35. The van der Waals surface area contributed by atoms with Crippen LogP contribution in [0.2, 0.25) is 0 Å². The topological polar surface area (TPSA) is 69.6 Å². The van der Waals surface area contributed by atoms with Crippen LogP contribution in [0.25, 0.3) is 0 Å². The highest BCUT2D eigenvalue weighted by Crippen LogP contribution is 2.21. The largest absolute Gasteiger partial charge is 0.386 e. The van der Waals surface area contributed by atoms with Gasteiger partial charge in [0.2, 0.25) is 0 Å². The summed E-state index contributed by atoms with van der Waals surface area (Å²) in [4.78, 5) is 25.5. The first-order valence-corrected chi connectivity index (χ1v) is 8.35. The highest BCUT2D eigenvalue weighted by atomic mass is 16.3. The summed E-state index contributed by atoms with van der Waals surface area (Å²) in [5.41, 5.74) is 1.97. The number of benzene rings is 2. The molecule has 0 aliphatic carbocycles. The average molecular weight is 340 g/mol. The Bertz CT molecular complexity index is 713. The molecule has 5 nitrogen and oxygen atoms in total. The molecule has 0 aliphatic rings. The highest BCUT2D eigenvalue weighted by Gasteiger charge is 2.26. The van der Waals surface area contributed by atoms with Gasteiger partial charge in [-0.2, -0.15) is 0 Å². The number of nitrogens with zero attached hydrogens (tertiary/aromatic N) is 1. The van der Waals surface area contributed by atoms with Crippen molar-refractivity contribution in [3.05, 3.63) is 65.7 Å². The molecule has 0 radical (unpaired) electrons. The molecule has 0 saturated carbocycles. The second-order valence-electron chi connectivity index (χ2n) is 5.95. The van der Waals surface area contributed by atoms with Crippen LogP contribution in [0.15, 0.2) is 54.6 Å². The Morgan fingerprint density at radius 2 is 1.68 bits per heavy atom. The van der Waals surface area contributed by atoms with Crippen molar-refractivity contribution in [3.8, 4) is 0 Å². The van der Waals surface area contributed by atoms with Crippen LogP contribution in [0, 0.1) is 0 Å². The van der Waals surface area contributed by atoms with Crippen molar-refractivity contribution in [2.75, 3.05) is 11.9 Å². The number of hydrogen-bond donors (Lipinski definition) is 2. The number of anilines is 1. The van der Waals surface area contributed by atoms with E-state index in [-0.39, 0.29) is 17.9 Å². The molecule has 2 rings (SSSR count). The molecule has 2 aromatic carbocycles. The molecule has 0 spiro atoms. The van der Waals surface area contributed by atoms with Gasteiger partial charge in [0.05, 0.1) is 12.1 Å². The molecule has 0 aromatic heterocycles. The molecular formula is C20H24N2O3. The van der Waals surface area contributed by atoms with E-state index < -0.39 is 6.10 Å². The summed E-state index contributed by atoms with van der Waals surface area (Å²) in [7, 11) is 0. The summed E-state index contributed by atoms with van der Waals surface area (Å²) in [6.45, 7) is 5.65. The summed E-state index contributed by atoms with van der Waals surface area (Å²) >= 11 is 0. The van der Waals surface area contributed by atoms with Crippen molar-refractivity contribution >= 4 is 17.5 Å². The third-order valence-electron chi connectivity index (χ3n) is 4.23. The molecule has 0 fully saturated rings. The van der Waals surface area contributed by atoms with Crippen molar-refractivity contribution in [1.29, 1.82) is 0 Å². The monoisotopic (exact) mass is 340 g/mol. The molecule has 2 aromatic rings. The van der Waals surface area contributed by atoms with Crippen LogP contribution in [-0.4, -0.2) is 34.4 Å². The zero-order valence-corrected chi connectivity index (χ0v) is 14.8. The third kappa shape index (κ3) is 4.67. The number of Topliss-reactive ketones (excluding diaryl/α,β-unsaturated/α-hetero) is 1. The number of likely N-dealkylation sites (N-methyl/N-ethyl adjacent to an activating group) is 1. The number of aliphatic hydroxyl groups is 1. The Morgan fingerprint density at radius 1 is 1.08 bits per heavy atom. The number of rotatable bonds is 6. The minimum absolute atomic E-state index is 0.0207. The SMILES string of the molecule is CCN(C(=O)Nc1ccc(C(C)=O)cc1)C(C)C(O)c1ccccc1. The van der Waals surface area contributed by atoms with E-state index in [9.17, 15) is 14.7 Å². The molecular weight excluding hydrogens is 316 g/mol. The first kappa shape index (κ1) is 18.7. The molecule has 25 heavy (non-hydrogen) atoms. The number of nitrogens with one attached hydrogen (secondary N) is 1. The van der Waals surface area contributed by atoms with Gasteiger partial charge in [-0.3, -0.25) is 4.79 Å². The molecule has 0 heterocycles. The van der Waals surface area contributed by atoms with Crippen LogP contribution in [0.5, 0.6) is 0 Å². The predicted molar refractivity (Wildman–Crippen MR) is 98.7 cm³/mol. The quantitative estimate of drug-likeness (QED) is 0.784. The third-order valence-corrected chi connectivity index (χ3v) is 4.23. The normalized spacial score (nSPS) is 13.0. The van der Waals surface area contributed by atoms with E-state index in [1.54, 1.807) is 29.2 Å². The molecule has 2 atom stereocenters. The van der Waals surface area contributed by atoms with E-state index in [1.165, 1.54) is 6.92 Å². The smallest absolute Gasteiger partial charge is 0.322 e. The van der Waals surface area contributed by atoms with Gasteiger partial charge in [0, 0.05) is 17.8 Å². The van der Waals surface area contributed by atoms with Gasteiger partial charge in [0.15, 0.2) is 5.78 Å². The maximum atomic E-state index is 12.6. The van der Waals surface area contributed by atoms with Gasteiger partial charge >= 0.3 is 6.03 Å². The first-order chi connectivity index (χ1) is 11.9. The van der Waals surface area contributed by atoms with Gasteiger partial charge in [-0.25, -0.2) is 4.79 Å². The number of amides is 2. The van der Waals surface area contributed by atoms with Gasteiger partial charge < -0.3 is 15.3 Å². The van der Waals surface area contributed by atoms with Crippen molar-refractivity contribution in [1.82, 2.24) is 4.90 Å². The van der Waals surface area contributed by atoms with E-state index in [2.05, 4.69) is 5.32 Å². The standard InChI is InChI=1S/C20H24N2O3/c1-4-22(14(2)19(24)17-8-6-5-7-9-17)20(25)21-18-12-10-16(11-13-18)15(3)23/h5-14,19,24H,4H2,1-3H3,(H,21,25). The summed E-state index contributed by atoms with van der Waals surface area (Å²) < 4.78 is 0. The number of urea groups is 1. The van der Waals surface area contributed by atoms with Gasteiger partial charge in [-0.15, -0.1) is 0 Å². The van der Waals surface area contributed by atoms with E-state index in [0.717, 1.165) is 5.56 Å².